The van der Waals surface area contributed by atoms with Crippen molar-refractivity contribution in [3.05, 3.63) is 33.8 Å². The number of hydrogen-bond acceptors (Lipinski definition) is 2. The van der Waals surface area contributed by atoms with Gasteiger partial charge in [-0.2, -0.15) is 0 Å². The van der Waals surface area contributed by atoms with Gasteiger partial charge in [0.2, 0.25) is 0 Å². The van der Waals surface area contributed by atoms with Gasteiger partial charge in [-0.1, -0.05) is 11.6 Å². The summed E-state index contributed by atoms with van der Waals surface area (Å²) in [5.74, 6) is 0.769. The molecule has 3 saturated heterocycles. The quantitative estimate of drug-likeness (QED) is 0.909. The van der Waals surface area contributed by atoms with Crippen LogP contribution in [0.15, 0.2) is 12.1 Å². The third-order valence-corrected chi connectivity index (χ3v) is 6.05. The lowest BCUT2D eigenvalue weighted by Crippen LogP contribution is -2.57. The van der Waals surface area contributed by atoms with Crippen molar-refractivity contribution in [2.45, 2.75) is 44.6 Å². The Hall–Kier alpha value is -1.06. The predicted octanol–water partition coefficient (Wildman–Crippen LogP) is 3.04. The van der Waals surface area contributed by atoms with Crippen molar-refractivity contribution in [1.82, 2.24) is 10.2 Å². The van der Waals surface area contributed by atoms with Gasteiger partial charge in [0.05, 0.1) is 0 Å². The summed E-state index contributed by atoms with van der Waals surface area (Å²) >= 11 is 6.32. The Kier molecular flexibility index (Phi) is 3.87. The zero-order chi connectivity index (χ0) is 15.1. The van der Waals surface area contributed by atoms with Gasteiger partial charge in [-0.3, -0.25) is 4.79 Å². The van der Waals surface area contributed by atoms with Crippen molar-refractivity contribution in [3.8, 4) is 0 Å². The van der Waals surface area contributed by atoms with Crippen molar-refractivity contribution in [2.24, 2.45) is 5.92 Å². The van der Waals surface area contributed by atoms with Crippen molar-refractivity contribution in [2.75, 3.05) is 19.6 Å². The SMILES string of the molecule is O=C(N[C@@H]1CN2CCC1CC2)c1ccc(Cl)c2c1CCCC2. The third-order valence-electron chi connectivity index (χ3n) is 5.69. The lowest BCUT2D eigenvalue weighted by atomic mass is 9.83. The molecular weight excluding hydrogens is 296 g/mol. The van der Waals surface area contributed by atoms with Crippen LogP contribution in [-0.2, 0) is 12.8 Å². The van der Waals surface area contributed by atoms with E-state index in [1.54, 1.807) is 0 Å². The number of carbonyl (C=O) groups is 1. The largest absolute Gasteiger partial charge is 0.348 e. The van der Waals surface area contributed by atoms with Gasteiger partial charge in [-0.15, -0.1) is 0 Å². The maximum Gasteiger partial charge on any atom is 0.251 e. The van der Waals surface area contributed by atoms with E-state index in [0.717, 1.165) is 36.4 Å². The zero-order valence-corrected chi connectivity index (χ0v) is 13.7. The molecule has 22 heavy (non-hydrogen) atoms. The Balaban J connectivity index is 1.56. The van der Waals surface area contributed by atoms with Crippen LogP contribution in [0, 0.1) is 5.92 Å². The van der Waals surface area contributed by atoms with Crippen LogP contribution in [0.2, 0.25) is 5.02 Å². The molecule has 1 aromatic rings. The second-order valence-corrected chi connectivity index (χ2v) is 7.38. The fourth-order valence-electron chi connectivity index (χ4n) is 4.41. The van der Waals surface area contributed by atoms with E-state index in [1.165, 1.54) is 43.5 Å². The normalized spacial score (nSPS) is 30.0. The molecule has 0 aromatic heterocycles. The van der Waals surface area contributed by atoms with Crippen LogP contribution >= 0.6 is 11.6 Å². The number of benzene rings is 1. The average molecular weight is 319 g/mol. The summed E-state index contributed by atoms with van der Waals surface area (Å²) in [6, 6.07) is 4.14. The van der Waals surface area contributed by atoms with E-state index in [1.807, 2.05) is 12.1 Å². The zero-order valence-electron chi connectivity index (χ0n) is 12.9. The molecule has 1 N–H and O–H groups in total. The van der Waals surface area contributed by atoms with Gasteiger partial charge in [0, 0.05) is 23.2 Å². The van der Waals surface area contributed by atoms with Crippen LogP contribution in [-0.4, -0.2) is 36.5 Å². The van der Waals surface area contributed by atoms with Gasteiger partial charge >= 0.3 is 0 Å². The topological polar surface area (TPSA) is 32.3 Å². The molecule has 3 nitrogen and oxygen atoms in total. The maximum absolute atomic E-state index is 12.8. The van der Waals surface area contributed by atoms with Crippen LogP contribution in [0.5, 0.6) is 0 Å². The summed E-state index contributed by atoms with van der Waals surface area (Å²) in [7, 11) is 0. The molecule has 1 aromatic carbocycles. The van der Waals surface area contributed by atoms with Crippen molar-refractivity contribution >= 4 is 17.5 Å². The molecule has 4 aliphatic rings. The van der Waals surface area contributed by atoms with Crippen molar-refractivity contribution in [1.29, 1.82) is 0 Å². The van der Waals surface area contributed by atoms with E-state index in [-0.39, 0.29) is 5.91 Å². The summed E-state index contributed by atoms with van der Waals surface area (Å²) in [6.45, 7) is 3.42. The minimum Gasteiger partial charge on any atom is -0.348 e. The first-order valence-electron chi connectivity index (χ1n) is 8.56. The van der Waals surface area contributed by atoms with Gasteiger partial charge in [0.1, 0.15) is 0 Å². The van der Waals surface area contributed by atoms with Gasteiger partial charge in [0.25, 0.3) is 5.91 Å². The molecular formula is C18H23ClN2O. The molecule has 3 aliphatic heterocycles. The molecule has 0 spiro atoms. The number of piperidine rings is 3. The van der Waals surface area contributed by atoms with Crippen molar-refractivity contribution in [3.63, 3.8) is 0 Å². The molecule has 5 rings (SSSR count). The molecule has 4 heteroatoms. The molecule has 118 valence electrons. The van der Waals surface area contributed by atoms with Gasteiger partial charge in [0.15, 0.2) is 0 Å². The number of nitrogens with zero attached hydrogens (tertiary/aromatic N) is 1. The van der Waals surface area contributed by atoms with E-state index in [4.69, 9.17) is 11.6 Å². The maximum atomic E-state index is 12.8. The van der Waals surface area contributed by atoms with Crippen molar-refractivity contribution < 1.29 is 4.79 Å². The molecule has 0 unspecified atom stereocenters. The van der Waals surface area contributed by atoms with Crippen LogP contribution in [0.25, 0.3) is 0 Å². The first-order valence-corrected chi connectivity index (χ1v) is 8.93. The Bertz CT molecular complexity index is 593. The van der Waals surface area contributed by atoms with E-state index in [9.17, 15) is 4.79 Å². The molecule has 1 aliphatic carbocycles. The highest BCUT2D eigenvalue weighted by Gasteiger charge is 2.35. The highest BCUT2D eigenvalue weighted by Crippen LogP contribution is 2.31. The second-order valence-electron chi connectivity index (χ2n) is 6.98. The number of hydrogen-bond donors (Lipinski definition) is 1. The standard InChI is InChI=1S/C18H23ClN2O/c19-16-6-5-15(13-3-1-2-4-14(13)16)18(22)20-17-11-21-9-7-12(17)8-10-21/h5-6,12,17H,1-4,7-11H2,(H,20,22)/t17-/m1/s1. The Labute approximate surface area is 137 Å². The smallest absolute Gasteiger partial charge is 0.251 e. The number of halogens is 1. The van der Waals surface area contributed by atoms with Crippen LogP contribution in [0.1, 0.15) is 47.2 Å². The summed E-state index contributed by atoms with van der Waals surface area (Å²) in [6.07, 6.45) is 6.78. The van der Waals surface area contributed by atoms with E-state index >= 15 is 0 Å². The molecule has 3 fully saturated rings. The number of fused-ring (bicyclic) bond motifs is 4. The van der Waals surface area contributed by atoms with Gasteiger partial charge < -0.3 is 10.2 Å². The Morgan fingerprint density at radius 1 is 1.14 bits per heavy atom. The van der Waals surface area contributed by atoms with E-state index < -0.39 is 0 Å². The fraction of sp³-hybridized carbons (Fsp3) is 0.611. The molecule has 2 bridgehead atoms. The molecule has 1 amide bonds. The molecule has 0 radical (unpaired) electrons. The molecule has 1 atom stereocenters. The fourth-order valence-corrected chi connectivity index (χ4v) is 4.68. The summed E-state index contributed by atoms with van der Waals surface area (Å²) in [5, 5.41) is 4.14. The lowest BCUT2D eigenvalue weighted by Gasteiger charge is -2.45. The van der Waals surface area contributed by atoms with Gasteiger partial charge in [-0.25, -0.2) is 0 Å². The predicted molar refractivity (Wildman–Crippen MR) is 88.5 cm³/mol. The number of carbonyl (C=O) groups excluding carboxylic acids is 1. The molecule has 3 heterocycles. The third kappa shape index (κ3) is 2.55. The number of rotatable bonds is 2. The molecule has 0 saturated carbocycles. The Morgan fingerprint density at radius 3 is 2.55 bits per heavy atom. The summed E-state index contributed by atoms with van der Waals surface area (Å²) in [5.41, 5.74) is 3.25. The average Bonchev–Trinajstić information content (AvgIpc) is 2.56. The monoisotopic (exact) mass is 318 g/mol. The first-order chi connectivity index (χ1) is 10.7. The lowest BCUT2D eigenvalue weighted by molar-refractivity contribution is 0.0620. The first kappa shape index (κ1) is 14.5. The minimum absolute atomic E-state index is 0.105. The highest BCUT2D eigenvalue weighted by atomic mass is 35.5. The minimum atomic E-state index is 0.105. The van der Waals surface area contributed by atoms with Crippen LogP contribution in [0.4, 0.5) is 0 Å². The summed E-state index contributed by atoms with van der Waals surface area (Å²) < 4.78 is 0. The van der Waals surface area contributed by atoms with Crippen LogP contribution < -0.4 is 5.32 Å². The van der Waals surface area contributed by atoms with Gasteiger partial charge in [-0.05, 0) is 80.8 Å². The number of amides is 1. The highest BCUT2D eigenvalue weighted by molar-refractivity contribution is 6.31. The summed E-state index contributed by atoms with van der Waals surface area (Å²) in [4.78, 5) is 15.3. The van der Waals surface area contributed by atoms with Crippen LogP contribution in [0.3, 0.4) is 0 Å². The second kappa shape index (κ2) is 5.86. The van der Waals surface area contributed by atoms with E-state index in [2.05, 4.69) is 10.2 Å². The van der Waals surface area contributed by atoms with E-state index in [0.29, 0.717) is 12.0 Å². The number of nitrogens with one attached hydrogen (secondary N) is 1. The Morgan fingerprint density at radius 2 is 1.86 bits per heavy atom.